The number of methoxy groups -OCH3 is 1. The number of esters is 1. The van der Waals surface area contributed by atoms with Crippen LogP contribution < -0.4 is 10.1 Å². The van der Waals surface area contributed by atoms with Crippen molar-refractivity contribution < 1.29 is 24.2 Å². The van der Waals surface area contributed by atoms with E-state index in [1.54, 1.807) is 12.1 Å². The first-order valence-corrected chi connectivity index (χ1v) is 10.8. The summed E-state index contributed by atoms with van der Waals surface area (Å²) in [6.07, 6.45) is 1.04. The number of benzene rings is 2. The number of nitrogens with one attached hydrogen (secondary N) is 1. The van der Waals surface area contributed by atoms with Gasteiger partial charge in [0.15, 0.2) is 17.3 Å². The Kier molecular flexibility index (Phi) is 6.04. The Morgan fingerprint density at radius 3 is 2.56 bits per heavy atom. The molecule has 1 heterocycles. The van der Waals surface area contributed by atoms with Gasteiger partial charge in [0.05, 0.1) is 19.3 Å². The van der Waals surface area contributed by atoms with E-state index in [0.29, 0.717) is 47.6 Å². The van der Waals surface area contributed by atoms with Crippen molar-refractivity contribution in [2.45, 2.75) is 38.5 Å². The van der Waals surface area contributed by atoms with E-state index in [4.69, 9.17) is 9.47 Å². The van der Waals surface area contributed by atoms with Crippen molar-refractivity contribution in [2.24, 2.45) is 0 Å². The molecule has 0 bridgehead atoms. The third kappa shape index (κ3) is 3.88. The van der Waals surface area contributed by atoms with E-state index in [0.717, 1.165) is 11.3 Å². The number of dihydropyridines is 1. The molecular formula is C26H27NO5. The first-order valence-electron chi connectivity index (χ1n) is 10.8. The van der Waals surface area contributed by atoms with Gasteiger partial charge in [-0.05, 0) is 49.4 Å². The van der Waals surface area contributed by atoms with Crippen LogP contribution in [0.5, 0.6) is 11.5 Å². The SMILES string of the molecule is CCOc1cc([C@H]2C(C(=O)OC)=C(C)NC3=C2C(=O)C[C@H](c2ccccc2)C3)ccc1O. The van der Waals surface area contributed by atoms with Gasteiger partial charge in [0.2, 0.25) is 0 Å². The molecule has 0 radical (unpaired) electrons. The average Bonchev–Trinajstić information content (AvgIpc) is 2.79. The first kappa shape index (κ1) is 21.7. The lowest BCUT2D eigenvalue weighted by Gasteiger charge is -2.36. The minimum atomic E-state index is -0.595. The van der Waals surface area contributed by atoms with Gasteiger partial charge in [-0.15, -0.1) is 0 Å². The maximum Gasteiger partial charge on any atom is 0.336 e. The molecule has 0 unspecified atom stereocenters. The van der Waals surface area contributed by atoms with Gasteiger partial charge in [0.1, 0.15) is 0 Å². The second-order valence-electron chi connectivity index (χ2n) is 8.08. The van der Waals surface area contributed by atoms with Gasteiger partial charge in [-0.3, -0.25) is 4.79 Å². The van der Waals surface area contributed by atoms with Crippen molar-refractivity contribution in [3.8, 4) is 11.5 Å². The molecule has 2 aromatic carbocycles. The lowest BCUT2D eigenvalue weighted by Crippen LogP contribution is -2.36. The zero-order chi connectivity index (χ0) is 22.8. The van der Waals surface area contributed by atoms with Crippen LogP contribution in [0.2, 0.25) is 0 Å². The van der Waals surface area contributed by atoms with Crippen molar-refractivity contribution in [3.63, 3.8) is 0 Å². The van der Waals surface area contributed by atoms with Crippen LogP contribution in [-0.4, -0.2) is 30.6 Å². The fourth-order valence-electron chi connectivity index (χ4n) is 4.70. The Hall–Kier alpha value is -3.54. The van der Waals surface area contributed by atoms with Crippen molar-refractivity contribution in [1.29, 1.82) is 0 Å². The molecule has 2 aromatic rings. The van der Waals surface area contributed by atoms with Crippen LogP contribution in [-0.2, 0) is 14.3 Å². The molecule has 1 aliphatic heterocycles. The van der Waals surface area contributed by atoms with Gasteiger partial charge in [-0.25, -0.2) is 4.79 Å². The van der Waals surface area contributed by atoms with Gasteiger partial charge in [0.25, 0.3) is 0 Å². The van der Waals surface area contributed by atoms with Crippen molar-refractivity contribution in [1.82, 2.24) is 5.32 Å². The quantitative estimate of drug-likeness (QED) is 0.683. The van der Waals surface area contributed by atoms with E-state index in [1.807, 2.05) is 44.2 Å². The van der Waals surface area contributed by atoms with Crippen LogP contribution in [0.15, 0.2) is 71.1 Å². The van der Waals surface area contributed by atoms with Crippen LogP contribution in [0.3, 0.4) is 0 Å². The first-order chi connectivity index (χ1) is 15.4. The molecule has 0 aromatic heterocycles. The Balaban J connectivity index is 1.83. The number of phenolic OH excluding ortho intramolecular Hbond substituents is 1. The summed E-state index contributed by atoms with van der Waals surface area (Å²) in [5, 5.41) is 13.5. The molecule has 2 aliphatic rings. The minimum absolute atomic E-state index is 0.00228. The van der Waals surface area contributed by atoms with E-state index in [2.05, 4.69) is 5.32 Å². The Morgan fingerprint density at radius 2 is 1.88 bits per heavy atom. The van der Waals surface area contributed by atoms with E-state index in [1.165, 1.54) is 13.2 Å². The van der Waals surface area contributed by atoms with Gasteiger partial charge in [-0.2, -0.15) is 0 Å². The standard InChI is InChI=1S/C26H27NO5/c1-4-32-22-14-17(10-11-20(22)28)24-23(26(30)31-3)15(2)27-19-12-18(13-21(29)25(19)24)16-8-6-5-7-9-16/h5-11,14,18,24,27-28H,4,12-13H2,1-3H3/t18-,24+/m1/s1. The molecule has 6 heteroatoms. The summed E-state index contributed by atoms with van der Waals surface area (Å²) in [6, 6.07) is 15.0. The van der Waals surface area contributed by atoms with Gasteiger partial charge in [0, 0.05) is 29.3 Å². The zero-order valence-electron chi connectivity index (χ0n) is 18.5. The summed E-state index contributed by atoms with van der Waals surface area (Å²) in [4.78, 5) is 26.3. The number of hydrogen-bond donors (Lipinski definition) is 2. The third-order valence-electron chi connectivity index (χ3n) is 6.12. The Labute approximate surface area is 187 Å². The smallest absolute Gasteiger partial charge is 0.336 e. The predicted octanol–water partition coefficient (Wildman–Crippen LogP) is 4.33. The normalized spacial score (nSPS) is 20.5. The summed E-state index contributed by atoms with van der Waals surface area (Å²) in [6.45, 7) is 4.03. The third-order valence-corrected chi connectivity index (χ3v) is 6.12. The largest absolute Gasteiger partial charge is 0.504 e. The summed E-state index contributed by atoms with van der Waals surface area (Å²) in [5.41, 5.74) is 4.28. The van der Waals surface area contributed by atoms with Crippen LogP contribution in [0, 0.1) is 0 Å². The maximum absolute atomic E-state index is 13.5. The molecule has 4 rings (SSSR count). The Bertz CT molecular complexity index is 1120. The van der Waals surface area contributed by atoms with Crippen LogP contribution in [0.4, 0.5) is 0 Å². The van der Waals surface area contributed by atoms with E-state index in [9.17, 15) is 14.7 Å². The number of ketones is 1. The molecule has 0 saturated carbocycles. The van der Waals surface area contributed by atoms with Crippen LogP contribution >= 0.6 is 0 Å². The lowest BCUT2D eigenvalue weighted by molar-refractivity contribution is -0.136. The highest BCUT2D eigenvalue weighted by Gasteiger charge is 2.41. The van der Waals surface area contributed by atoms with E-state index in [-0.39, 0.29) is 17.5 Å². The monoisotopic (exact) mass is 433 g/mol. The molecule has 0 spiro atoms. The highest BCUT2D eigenvalue weighted by atomic mass is 16.5. The van der Waals surface area contributed by atoms with Crippen molar-refractivity contribution >= 4 is 11.8 Å². The highest BCUT2D eigenvalue weighted by molar-refractivity contribution is 6.04. The molecular weight excluding hydrogens is 406 g/mol. The molecule has 1 aliphatic carbocycles. The molecule has 32 heavy (non-hydrogen) atoms. The molecule has 0 fully saturated rings. The van der Waals surface area contributed by atoms with Gasteiger partial charge in [-0.1, -0.05) is 36.4 Å². The second-order valence-corrected chi connectivity index (χ2v) is 8.08. The highest BCUT2D eigenvalue weighted by Crippen LogP contribution is 2.46. The maximum atomic E-state index is 13.5. The van der Waals surface area contributed by atoms with Crippen LogP contribution in [0.25, 0.3) is 0 Å². The topological polar surface area (TPSA) is 84.9 Å². The molecule has 6 nitrogen and oxygen atoms in total. The second kappa shape index (κ2) is 8.91. The number of ether oxygens (including phenoxy) is 2. The molecule has 166 valence electrons. The number of carbonyl (C=O) groups is 2. The summed E-state index contributed by atoms with van der Waals surface area (Å²) >= 11 is 0. The summed E-state index contributed by atoms with van der Waals surface area (Å²) in [7, 11) is 1.33. The summed E-state index contributed by atoms with van der Waals surface area (Å²) in [5.74, 6) is -0.686. The van der Waals surface area contributed by atoms with Crippen LogP contribution in [0.1, 0.15) is 49.7 Å². The molecule has 2 N–H and O–H groups in total. The minimum Gasteiger partial charge on any atom is -0.504 e. The average molecular weight is 434 g/mol. The lowest BCUT2D eigenvalue weighted by atomic mass is 9.71. The number of hydrogen-bond acceptors (Lipinski definition) is 6. The fourth-order valence-corrected chi connectivity index (χ4v) is 4.70. The van der Waals surface area contributed by atoms with Gasteiger partial charge >= 0.3 is 5.97 Å². The fraction of sp³-hybridized carbons (Fsp3) is 0.308. The Morgan fingerprint density at radius 1 is 1.12 bits per heavy atom. The number of rotatable bonds is 5. The summed E-state index contributed by atoms with van der Waals surface area (Å²) < 4.78 is 10.6. The number of carbonyl (C=O) groups excluding carboxylic acids is 2. The molecule has 2 atom stereocenters. The molecule has 0 amide bonds. The number of aromatic hydroxyl groups is 1. The number of Topliss-reactive ketones (excluding diaryl/α,β-unsaturated/α-hetero) is 1. The van der Waals surface area contributed by atoms with Crippen molar-refractivity contribution in [2.75, 3.05) is 13.7 Å². The van der Waals surface area contributed by atoms with Gasteiger partial charge < -0.3 is 19.9 Å². The predicted molar refractivity (Wildman–Crippen MR) is 120 cm³/mol. The number of phenols is 1. The van der Waals surface area contributed by atoms with E-state index < -0.39 is 11.9 Å². The van der Waals surface area contributed by atoms with Crippen molar-refractivity contribution in [3.05, 3.63) is 82.2 Å². The van der Waals surface area contributed by atoms with E-state index >= 15 is 0 Å². The number of allylic oxidation sites excluding steroid dienone is 3. The zero-order valence-corrected chi connectivity index (χ0v) is 18.5. The molecule has 0 saturated heterocycles.